The number of hydrogen-bond donors (Lipinski definition) is 3. The van der Waals surface area contributed by atoms with Gasteiger partial charge in [0.15, 0.2) is 16.6 Å². The molecule has 7 heteroatoms. The van der Waals surface area contributed by atoms with E-state index in [-0.39, 0.29) is 12.7 Å². The topological polar surface area (TPSA) is 71.6 Å². The average Bonchev–Trinajstić information content (AvgIpc) is 3.12. The van der Waals surface area contributed by atoms with Crippen molar-refractivity contribution in [3.8, 4) is 11.5 Å². The van der Waals surface area contributed by atoms with Crippen molar-refractivity contribution in [2.45, 2.75) is 13.5 Å². The van der Waals surface area contributed by atoms with Gasteiger partial charge in [-0.05, 0) is 54.0 Å². The first-order chi connectivity index (χ1) is 12.6. The van der Waals surface area contributed by atoms with Crippen molar-refractivity contribution < 1.29 is 14.3 Å². The molecular formula is C19H19N3O3S. The third-order valence-corrected chi connectivity index (χ3v) is 4.04. The Kier molecular flexibility index (Phi) is 5.70. The van der Waals surface area contributed by atoms with Gasteiger partial charge in [-0.3, -0.25) is 15.6 Å². The van der Waals surface area contributed by atoms with Crippen molar-refractivity contribution in [1.82, 2.24) is 16.2 Å². The van der Waals surface area contributed by atoms with E-state index in [0.717, 1.165) is 28.2 Å². The van der Waals surface area contributed by atoms with E-state index in [2.05, 4.69) is 16.2 Å². The fourth-order valence-corrected chi connectivity index (χ4v) is 2.50. The van der Waals surface area contributed by atoms with Crippen LogP contribution >= 0.6 is 12.2 Å². The van der Waals surface area contributed by atoms with E-state index >= 15 is 0 Å². The van der Waals surface area contributed by atoms with Crippen molar-refractivity contribution in [2.75, 3.05) is 6.79 Å². The maximum atomic E-state index is 11.9. The zero-order chi connectivity index (χ0) is 18.4. The van der Waals surface area contributed by atoms with Gasteiger partial charge in [-0.25, -0.2) is 0 Å². The molecule has 0 radical (unpaired) electrons. The highest BCUT2D eigenvalue weighted by Gasteiger charge is 2.13. The lowest BCUT2D eigenvalue weighted by atomic mass is 10.1. The first-order valence-corrected chi connectivity index (χ1v) is 8.49. The second-order valence-electron chi connectivity index (χ2n) is 5.67. The van der Waals surface area contributed by atoms with Crippen LogP contribution in [0.3, 0.4) is 0 Å². The van der Waals surface area contributed by atoms with Crippen molar-refractivity contribution in [3.05, 3.63) is 65.2 Å². The first-order valence-electron chi connectivity index (χ1n) is 8.08. The number of fused-ring (bicyclic) bond motifs is 1. The summed E-state index contributed by atoms with van der Waals surface area (Å²) in [5.74, 6) is 1.17. The Labute approximate surface area is 157 Å². The summed E-state index contributed by atoms with van der Waals surface area (Å²) < 4.78 is 10.6. The van der Waals surface area contributed by atoms with Crippen LogP contribution in [-0.2, 0) is 11.3 Å². The summed E-state index contributed by atoms with van der Waals surface area (Å²) in [4.78, 5) is 11.9. The van der Waals surface area contributed by atoms with E-state index in [1.54, 1.807) is 6.08 Å². The molecule has 2 aromatic rings. The van der Waals surface area contributed by atoms with Gasteiger partial charge in [0.1, 0.15) is 0 Å². The van der Waals surface area contributed by atoms with Crippen LogP contribution in [0.2, 0.25) is 0 Å². The molecular weight excluding hydrogens is 350 g/mol. The number of ether oxygens (including phenoxy) is 2. The third kappa shape index (κ3) is 4.73. The summed E-state index contributed by atoms with van der Waals surface area (Å²) in [7, 11) is 0. The summed E-state index contributed by atoms with van der Waals surface area (Å²) in [6, 6.07) is 13.5. The molecule has 0 fully saturated rings. The van der Waals surface area contributed by atoms with Gasteiger partial charge in [-0.15, -0.1) is 0 Å². The number of benzene rings is 2. The lowest BCUT2D eigenvalue weighted by molar-refractivity contribution is -0.116. The van der Waals surface area contributed by atoms with E-state index in [1.165, 1.54) is 6.08 Å². The van der Waals surface area contributed by atoms with Crippen LogP contribution in [0.4, 0.5) is 0 Å². The Hall–Kier alpha value is -3.06. The van der Waals surface area contributed by atoms with Gasteiger partial charge in [0.2, 0.25) is 6.79 Å². The molecule has 1 aliphatic heterocycles. The van der Waals surface area contributed by atoms with Gasteiger partial charge >= 0.3 is 0 Å². The van der Waals surface area contributed by atoms with Crippen LogP contribution in [0.15, 0.2) is 48.5 Å². The van der Waals surface area contributed by atoms with Crippen molar-refractivity contribution in [2.24, 2.45) is 0 Å². The van der Waals surface area contributed by atoms with Crippen LogP contribution in [0, 0.1) is 6.92 Å². The van der Waals surface area contributed by atoms with E-state index in [9.17, 15) is 4.79 Å². The van der Waals surface area contributed by atoms with Crippen molar-refractivity contribution >= 4 is 29.3 Å². The van der Waals surface area contributed by atoms with Gasteiger partial charge in [0.05, 0.1) is 0 Å². The number of amides is 1. The molecule has 1 heterocycles. The van der Waals surface area contributed by atoms with Crippen LogP contribution in [0.1, 0.15) is 16.7 Å². The number of rotatable bonds is 4. The molecule has 3 rings (SSSR count). The normalized spacial score (nSPS) is 12.0. The van der Waals surface area contributed by atoms with Crippen LogP contribution < -0.4 is 25.6 Å². The predicted octanol–water partition coefficient (Wildman–Crippen LogP) is 2.43. The number of aryl methyl sites for hydroxylation is 1. The summed E-state index contributed by atoms with van der Waals surface area (Å²) >= 11 is 5.15. The number of hydrazine groups is 1. The number of hydrogen-bond acceptors (Lipinski definition) is 4. The van der Waals surface area contributed by atoms with Gasteiger partial charge < -0.3 is 14.8 Å². The third-order valence-electron chi connectivity index (χ3n) is 3.79. The fraction of sp³-hybridized carbons (Fsp3) is 0.158. The van der Waals surface area contributed by atoms with E-state index in [0.29, 0.717) is 11.7 Å². The zero-order valence-corrected chi connectivity index (χ0v) is 15.1. The van der Waals surface area contributed by atoms with Gasteiger partial charge in [0.25, 0.3) is 5.91 Å². The number of nitrogens with one attached hydrogen (secondary N) is 3. The Morgan fingerprint density at radius 2 is 1.96 bits per heavy atom. The zero-order valence-electron chi connectivity index (χ0n) is 14.2. The maximum absolute atomic E-state index is 11.9. The minimum Gasteiger partial charge on any atom is -0.454 e. The highest BCUT2D eigenvalue weighted by atomic mass is 32.1. The first kappa shape index (κ1) is 17.8. The molecule has 0 unspecified atom stereocenters. The van der Waals surface area contributed by atoms with Crippen LogP contribution in [0.5, 0.6) is 11.5 Å². The molecule has 2 aromatic carbocycles. The number of carbonyl (C=O) groups is 1. The number of carbonyl (C=O) groups excluding carboxylic acids is 1. The fourth-order valence-electron chi connectivity index (χ4n) is 2.38. The van der Waals surface area contributed by atoms with Crippen molar-refractivity contribution in [1.29, 1.82) is 0 Å². The molecule has 0 atom stereocenters. The van der Waals surface area contributed by atoms with Crippen molar-refractivity contribution in [3.63, 3.8) is 0 Å². The Morgan fingerprint density at radius 1 is 1.15 bits per heavy atom. The molecule has 0 saturated heterocycles. The van der Waals surface area contributed by atoms with Crippen LogP contribution in [-0.4, -0.2) is 17.8 Å². The average molecular weight is 369 g/mol. The molecule has 3 N–H and O–H groups in total. The quantitative estimate of drug-likeness (QED) is 0.437. The summed E-state index contributed by atoms with van der Waals surface area (Å²) in [6.07, 6.45) is 3.21. The molecule has 1 aliphatic rings. The lowest BCUT2D eigenvalue weighted by Gasteiger charge is -2.11. The number of thiocarbonyl (C=S) groups is 1. The second-order valence-corrected chi connectivity index (χ2v) is 6.08. The molecule has 0 aliphatic carbocycles. The minimum atomic E-state index is -0.291. The molecule has 6 nitrogen and oxygen atoms in total. The van der Waals surface area contributed by atoms with Gasteiger partial charge in [-0.2, -0.15) is 0 Å². The SMILES string of the molecule is Cc1ccccc1/C=C/C(=O)NNC(=S)NCc1ccc2c(c1)OCO2. The highest BCUT2D eigenvalue weighted by molar-refractivity contribution is 7.80. The maximum Gasteiger partial charge on any atom is 0.262 e. The molecule has 1 amide bonds. The Balaban J connectivity index is 1.42. The lowest BCUT2D eigenvalue weighted by Crippen LogP contribution is -2.45. The molecule has 134 valence electrons. The molecule has 0 aromatic heterocycles. The van der Waals surface area contributed by atoms with Gasteiger partial charge in [0, 0.05) is 12.6 Å². The highest BCUT2D eigenvalue weighted by Crippen LogP contribution is 2.32. The molecule has 0 spiro atoms. The largest absolute Gasteiger partial charge is 0.454 e. The Bertz CT molecular complexity index is 852. The molecule has 0 bridgehead atoms. The summed E-state index contributed by atoms with van der Waals surface area (Å²) in [6.45, 7) is 2.73. The second kappa shape index (κ2) is 8.35. The summed E-state index contributed by atoms with van der Waals surface area (Å²) in [5.41, 5.74) is 8.28. The van der Waals surface area contributed by atoms with E-state index < -0.39 is 0 Å². The molecule has 0 saturated carbocycles. The standard InChI is InChI=1S/C19H19N3O3S/c1-13-4-2-3-5-15(13)7-9-18(23)21-22-19(26)20-11-14-6-8-16-17(10-14)25-12-24-16/h2-10H,11-12H2,1H3,(H,21,23)(H2,20,22,26)/b9-7+. The van der Waals surface area contributed by atoms with Gasteiger partial charge in [-0.1, -0.05) is 30.3 Å². The minimum absolute atomic E-state index is 0.244. The molecule has 26 heavy (non-hydrogen) atoms. The monoisotopic (exact) mass is 369 g/mol. The predicted molar refractivity (Wildman–Crippen MR) is 103 cm³/mol. The Morgan fingerprint density at radius 3 is 2.81 bits per heavy atom. The smallest absolute Gasteiger partial charge is 0.262 e. The van der Waals surface area contributed by atoms with E-state index in [1.807, 2.05) is 49.4 Å². The van der Waals surface area contributed by atoms with E-state index in [4.69, 9.17) is 21.7 Å². The van der Waals surface area contributed by atoms with Crippen LogP contribution in [0.25, 0.3) is 6.08 Å². The summed E-state index contributed by atoms with van der Waals surface area (Å²) in [5, 5.41) is 3.33.